The van der Waals surface area contributed by atoms with Gasteiger partial charge >= 0.3 is 0 Å². The first-order valence-electron chi connectivity index (χ1n) is 9.21. The summed E-state index contributed by atoms with van der Waals surface area (Å²) >= 11 is 6.34. The number of halogens is 1. The van der Waals surface area contributed by atoms with E-state index in [9.17, 15) is 4.79 Å². The van der Waals surface area contributed by atoms with Crippen LogP contribution in [0, 0.1) is 18.8 Å². The summed E-state index contributed by atoms with van der Waals surface area (Å²) in [5.74, 6) is 1.49. The minimum absolute atomic E-state index is 0.0383. The fourth-order valence-corrected chi connectivity index (χ4v) is 3.36. The van der Waals surface area contributed by atoms with Crippen LogP contribution in [0.15, 0.2) is 28.8 Å². The number of aryl methyl sites for hydroxylation is 1. The standard InChI is InChI=1S/C20H22ClN3O4/c1-11-3-16(28-24-11)10-27-19-6-18-13(5-17(19)21)4-15(23-18)7-22-20(25)12(2)14-8-26-9-14/h3-6,12,14,23H,7-10H2,1-2H3,(H,22,25). The van der Waals surface area contributed by atoms with Crippen LogP contribution in [0.3, 0.4) is 0 Å². The van der Waals surface area contributed by atoms with E-state index in [0.29, 0.717) is 42.2 Å². The number of aromatic nitrogens is 2. The molecule has 3 aromatic rings. The molecule has 0 aliphatic carbocycles. The summed E-state index contributed by atoms with van der Waals surface area (Å²) in [7, 11) is 0. The quantitative estimate of drug-likeness (QED) is 0.629. The predicted octanol–water partition coefficient (Wildman–Crippen LogP) is 3.60. The number of ether oxygens (including phenoxy) is 2. The highest BCUT2D eigenvalue weighted by Crippen LogP contribution is 2.31. The Morgan fingerprint density at radius 1 is 1.39 bits per heavy atom. The molecule has 3 heterocycles. The predicted molar refractivity (Wildman–Crippen MR) is 104 cm³/mol. The van der Waals surface area contributed by atoms with Crippen LogP contribution in [0.25, 0.3) is 10.9 Å². The Bertz CT molecular complexity index is 993. The van der Waals surface area contributed by atoms with Crippen LogP contribution in [0.2, 0.25) is 5.02 Å². The summed E-state index contributed by atoms with van der Waals surface area (Å²) in [6.45, 7) is 5.79. The van der Waals surface area contributed by atoms with Crippen molar-refractivity contribution in [2.24, 2.45) is 11.8 Å². The molecule has 8 heteroatoms. The molecule has 1 aromatic carbocycles. The van der Waals surface area contributed by atoms with E-state index < -0.39 is 0 Å². The number of benzene rings is 1. The third kappa shape index (κ3) is 4.00. The number of hydrogen-bond acceptors (Lipinski definition) is 5. The van der Waals surface area contributed by atoms with E-state index in [1.807, 2.05) is 38.1 Å². The zero-order valence-electron chi connectivity index (χ0n) is 15.8. The van der Waals surface area contributed by atoms with Crippen LogP contribution in [-0.2, 0) is 22.7 Å². The molecular formula is C20H22ClN3O4. The molecule has 0 saturated carbocycles. The van der Waals surface area contributed by atoms with Gasteiger partial charge in [-0.1, -0.05) is 23.7 Å². The minimum Gasteiger partial charge on any atom is -0.484 e. The van der Waals surface area contributed by atoms with Crippen LogP contribution in [0.5, 0.6) is 5.75 Å². The van der Waals surface area contributed by atoms with Gasteiger partial charge in [-0.2, -0.15) is 0 Å². The summed E-state index contributed by atoms with van der Waals surface area (Å²) in [6.07, 6.45) is 0. The lowest BCUT2D eigenvalue weighted by molar-refractivity contribution is -0.134. The molecule has 1 atom stereocenters. The summed E-state index contributed by atoms with van der Waals surface area (Å²) in [5, 5.41) is 8.28. The molecule has 7 nitrogen and oxygen atoms in total. The molecule has 1 aliphatic rings. The molecule has 0 radical (unpaired) electrons. The lowest BCUT2D eigenvalue weighted by Crippen LogP contribution is -2.41. The van der Waals surface area contributed by atoms with Gasteiger partial charge in [0.05, 0.1) is 30.5 Å². The monoisotopic (exact) mass is 403 g/mol. The second kappa shape index (κ2) is 7.85. The first kappa shape index (κ1) is 18.8. The molecule has 1 unspecified atom stereocenters. The average Bonchev–Trinajstić information content (AvgIpc) is 3.21. The number of rotatable bonds is 7. The number of carbonyl (C=O) groups excluding carboxylic acids is 1. The summed E-state index contributed by atoms with van der Waals surface area (Å²) in [6, 6.07) is 7.48. The zero-order chi connectivity index (χ0) is 19.7. The maximum absolute atomic E-state index is 12.3. The summed E-state index contributed by atoms with van der Waals surface area (Å²) in [4.78, 5) is 15.6. The van der Waals surface area contributed by atoms with Gasteiger partial charge in [0, 0.05) is 40.6 Å². The van der Waals surface area contributed by atoms with Crippen LogP contribution >= 0.6 is 11.6 Å². The fraction of sp³-hybridized carbons (Fsp3) is 0.400. The number of aromatic amines is 1. The number of nitrogens with zero attached hydrogens (tertiary/aromatic N) is 1. The molecule has 1 fully saturated rings. The largest absolute Gasteiger partial charge is 0.484 e. The van der Waals surface area contributed by atoms with Gasteiger partial charge in [0.1, 0.15) is 12.4 Å². The van der Waals surface area contributed by atoms with Gasteiger partial charge in [-0.25, -0.2) is 0 Å². The van der Waals surface area contributed by atoms with Gasteiger partial charge in [0.25, 0.3) is 0 Å². The average molecular weight is 404 g/mol. The molecule has 1 amide bonds. The van der Waals surface area contributed by atoms with Crippen molar-refractivity contribution >= 4 is 28.4 Å². The highest BCUT2D eigenvalue weighted by molar-refractivity contribution is 6.32. The van der Waals surface area contributed by atoms with E-state index in [1.54, 1.807) is 0 Å². The number of amides is 1. The molecule has 1 saturated heterocycles. The Morgan fingerprint density at radius 2 is 2.21 bits per heavy atom. The van der Waals surface area contributed by atoms with Gasteiger partial charge in [-0.3, -0.25) is 4.79 Å². The van der Waals surface area contributed by atoms with E-state index in [0.717, 1.165) is 22.3 Å². The highest BCUT2D eigenvalue weighted by Gasteiger charge is 2.29. The van der Waals surface area contributed by atoms with E-state index >= 15 is 0 Å². The van der Waals surface area contributed by atoms with Crippen molar-refractivity contribution in [3.05, 3.63) is 46.4 Å². The third-order valence-electron chi connectivity index (χ3n) is 5.01. The van der Waals surface area contributed by atoms with Crippen LogP contribution in [0.1, 0.15) is 24.1 Å². The Morgan fingerprint density at radius 3 is 2.89 bits per heavy atom. The maximum Gasteiger partial charge on any atom is 0.223 e. The highest BCUT2D eigenvalue weighted by atomic mass is 35.5. The van der Waals surface area contributed by atoms with Crippen molar-refractivity contribution in [2.45, 2.75) is 27.0 Å². The van der Waals surface area contributed by atoms with Crippen LogP contribution in [0.4, 0.5) is 0 Å². The molecule has 2 aromatic heterocycles. The number of carbonyl (C=O) groups is 1. The minimum atomic E-state index is -0.0488. The Hall–Kier alpha value is -2.51. The number of nitrogens with one attached hydrogen (secondary N) is 2. The fourth-order valence-electron chi connectivity index (χ4n) is 3.13. The molecule has 4 rings (SSSR count). The molecular weight excluding hydrogens is 382 g/mol. The van der Waals surface area contributed by atoms with Crippen molar-refractivity contribution in [3.8, 4) is 5.75 Å². The lowest BCUT2D eigenvalue weighted by atomic mass is 9.92. The third-order valence-corrected chi connectivity index (χ3v) is 5.31. The SMILES string of the molecule is Cc1cc(COc2cc3[nH]c(CNC(=O)C(C)C4COC4)cc3cc2Cl)on1. The maximum atomic E-state index is 12.3. The van der Waals surface area contributed by atoms with Crippen LogP contribution in [-0.4, -0.2) is 29.3 Å². The Balaban J connectivity index is 1.41. The second-order valence-electron chi connectivity index (χ2n) is 7.19. The summed E-state index contributed by atoms with van der Waals surface area (Å²) < 4.78 is 16.1. The van der Waals surface area contributed by atoms with Crippen molar-refractivity contribution in [1.29, 1.82) is 0 Å². The number of hydrogen-bond donors (Lipinski definition) is 2. The molecule has 148 valence electrons. The smallest absolute Gasteiger partial charge is 0.223 e. The molecule has 0 bridgehead atoms. The van der Waals surface area contributed by atoms with Crippen molar-refractivity contribution < 1.29 is 18.8 Å². The van der Waals surface area contributed by atoms with E-state index in [-0.39, 0.29) is 18.4 Å². The van der Waals surface area contributed by atoms with Gasteiger partial charge < -0.3 is 24.3 Å². The first-order chi connectivity index (χ1) is 13.5. The van der Waals surface area contributed by atoms with Crippen molar-refractivity contribution in [2.75, 3.05) is 13.2 Å². The lowest BCUT2D eigenvalue weighted by Gasteiger charge is -2.30. The van der Waals surface area contributed by atoms with Crippen LogP contribution < -0.4 is 10.1 Å². The van der Waals surface area contributed by atoms with E-state index in [2.05, 4.69) is 15.5 Å². The first-order valence-corrected chi connectivity index (χ1v) is 9.59. The zero-order valence-corrected chi connectivity index (χ0v) is 16.5. The van der Waals surface area contributed by atoms with E-state index in [4.69, 9.17) is 25.6 Å². The molecule has 28 heavy (non-hydrogen) atoms. The second-order valence-corrected chi connectivity index (χ2v) is 7.60. The number of fused-ring (bicyclic) bond motifs is 1. The van der Waals surface area contributed by atoms with Gasteiger partial charge in [-0.05, 0) is 19.1 Å². The Kier molecular flexibility index (Phi) is 5.28. The van der Waals surface area contributed by atoms with E-state index in [1.165, 1.54) is 0 Å². The Labute approximate surface area is 167 Å². The molecule has 1 aliphatic heterocycles. The van der Waals surface area contributed by atoms with Gasteiger partial charge in [0.2, 0.25) is 5.91 Å². The number of H-pyrrole nitrogens is 1. The molecule has 2 N–H and O–H groups in total. The molecule has 0 spiro atoms. The normalized spacial score (nSPS) is 15.4. The van der Waals surface area contributed by atoms with Gasteiger partial charge in [0.15, 0.2) is 5.76 Å². The van der Waals surface area contributed by atoms with Crippen molar-refractivity contribution in [3.63, 3.8) is 0 Å². The summed E-state index contributed by atoms with van der Waals surface area (Å²) in [5.41, 5.74) is 2.59. The van der Waals surface area contributed by atoms with Gasteiger partial charge in [-0.15, -0.1) is 0 Å². The van der Waals surface area contributed by atoms with Crippen molar-refractivity contribution in [1.82, 2.24) is 15.5 Å². The topological polar surface area (TPSA) is 89.4 Å².